The molecular formula is C32H34Cl4F4N2Ti. The fourth-order valence-electron chi connectivity index (χ4n) is 2.68. The predicted molar refractivity (Wildman–Crippen MR) is 171 cm³/mol. The number of halogens is 8. The molecule has 11 heteroatoms. The van der Waals surface area contributed by atoms with Crippen LogP contribution in [0.4, 0.5) is 28.9 Å². The Balaban J connectivity index is 0.000000608. The fraction of sp³-hybridized carbons (Fsp3) is 0.312. The molecule has 0 aliphatic carbocycles. The maximum atomic E-state index is 13.2. The molecular weight excluding hydrogens is 678 g/mol. The molecule has 0 saturated carbocycles. The quantitative estimate of drug-likeness (QED) is 0.0741. The third-order valence-corrected chi connectivity index (χ3v) is 8.12. The van der Waals surface area contributed by atoms with E-state index in [-0.39, 0.29) is 43.9 Å². The van der Waals surface area contributed by atoms with Gasteiger partial charge in [-0.25, -0.2) is 41.8 Å². The second-order valence-electron chi connectivity index (χ2n) is 9.86. The van der Waals surface area contributed by atoms with Crippen molar-refractivity contribution in [2.75, 3.05) is 47.2 Å². The smallest absolute Gasteiger partial charge is 0.434 e. The molecule has 0 spiro atoms. The Bertz CT molecular complexity index is 1090. The van der Waals surface area contributed by atoms with Crippen molar-refractivity contribution >= 4 is 57.8 Å². The van der Waals surface area contributed by atoms with E-state index in [1.165, 1.54) is 12.1 Å². The van der Waals surface area contributed by atoms with Crippen LogP contribution in [-0.4, -0.2) is 36.6 Å². The van der Waals surface area contributed by atoms with Crippen LogP contribution >= 0.6 is 46.4 Å². The Morgan fingerprint density at radius 2 is 0.907 bits per heavy atom. The number of hydrogen-bond acceptors (Lipinski definition) is 2. The molecule has 0 amide bonds. The molecule has 0 aromatic heterocycles. The summed E-state index contributed by atoms with van der Waals surface area (Å²) in [6.07, 6.45) is 0. The SMILES string of the molecule is CC(CCl)(CCl)CNc1ccc(F)[c-]c1F.CC(CCl)(CCl)CNc1ccc(F)[c-]c1F.[Ti+4].c1cc[cH-]c1.c1cc[cH-]c1. The minimum atomic E-state index is -0.744. The van der Waals surface area contributed by atoms with Gasteiger partial charge in [-0.15, -0.1) is 82.8 Å². The molecule has 0 radical (unpaired) electrons. The summed E-state index contributed by atoms with van der Waals surface area (Å²) in [5, 5.41) is 5.68. The van der Waals surface area contributed by atoms with Gasteiger partial charge in [-0.05, 0) is 11.4 Å². The van der Waals surface area contributed by atoms with Gasteiger partial charge in [0.1, 0.15) is 0 Å². The van der Waals surface area contributed by atoms with Crippen LogP contribution in [-0.2, 0) is 21.7 Å². The molecule has 43 heavy (non-hydrogen) atoms. The Labute approximate surface area is 287 Å². The van der Waals surface area contributed by atoms with E-state index in [1.807, 2.05) is 86.6 Å². The van der Waals surface area contributed by atoms with E-state index in [0.29, 0.717) is 36.6 Å². The van der Waals surface area contributed by atoms with Crippen molar-refractivity contribution in [3.05, 3.63) is 120 Å². The summed E-state index contributed by atoms with van der Waals surface area (Å²) >= 11 is 23.0. The summed E-state index contributed by atoms with van der Waals surface area (Å²) in [5.74, 6) is -1.50. The Morgan fingerprint density at radius 3 is 1.12 bits per heavy atom. The van der Waals surface area contributed by atoms with Crippen LogP contribution in [0, 0.1) is 46.2 Å². The van der Waals surface area contributed by atoms with Gasteiger partial charge < -0.3 is 10.6 Å². The van der Waals surface area contributed by atoms with E-state index in [1.54, 1.807) is 0 Å². The molecule has 0 unspecified atom stereocenters. The number of hydrogen-bond donors (Lipinski definition) is 2. The first-order valence-electron chi connectivity index (χ1n) is 12.8. The fourth-order valence-corrected chi connectivity index (χ4v) is 3.63. The summed E-state index contributed by atoms with van der Waals surface area (Å²) in [6, 6.07) is 28.8. The van der Waals surface area contributed by atoms with Crippen LogP contribution in [0.1, 0.15) is 13.8 Å². The van der Waals surface area contributed by atoms with E-state index < -0.39 is 23.3 Å². The van der Waals surface area contributed by atoms with Gasteiger partial charge in [-0.1, -0.05) is 13.8 Å². The number of alkyl halides is 4. The molecule has 4 aromatic rings. The number of benzene rings is 2. The monoisotopic (exact) mass is 710 g/mol. The standard InChI is InChI=1S/2C11H12Cl2F2N.2C5H5.Ti/c2*1-11(5-12,6-13)7-16-10-3-2-8(14)4-9(10)15;2*1-2-4-5-3-1;/h2*2-3,16H,5-7H2,1H3;2*1-5H;/q4*-1;+4. The topological polar surface area (TPSA) is 24.1 Å². The molecule has 0 saturated heterocycles. The van der Waals surface area contributed by atoms with E-state index in [0.717, 1.165) is 12.1 Å². The van der Waals surface area contributed by atoms with E-state index >= 15 is 0 Å². The van der Waals surface area contributed by atoms with Crippen molar-refractivity contribution in [2.45, 2.75) is 13.8 Å². The summed E-state index contributed by atoms with van der Waals surface area (Å²) in [6.45, 7) is 4.59. The van der Waals surface area contributed by atoms with Gasteiger partial charge in [-0.3, -0.25) is 0 Å². The predicted octanol–water partition coefficient (Wildman–Crippen LogP) is 10.1. The second-order valence-corrected chi connectivity index (χ2v) is 10.9. The molecule has 2 N–H and O–H groups in total. The van der Waals surface area contributed by atoms with Gasteiger partial charge in [-0.2, -0.15) is 36.4 Å². The van der Waals surface area contributed by atoms with Gasteiger partial charge in [0, 0.05) is 70.7 Å². The molecule has 2 nitrogen and oxygen atoms in total. The van der Waals surface area contributed by atoms with Crippen molar-refractivity contribution in [1.82, 2.24) is 0 Å². The van der Waals surface area contributed by atoms with Crippen molar-refractivity contribution in [1.29, 1.82) is 0 Å². The first-order valence-corrected chi connectivity index (χ1v) is 14.9. The van der Waals surface area contributed by atoms with E-state index in [4.69, 9.17) is 46.4 Å². The van der Waals surface area contributed by atoms with E-state index in [9.17, 15) is 17.6 Å². The van der Waals surface area contributed by atoms with Crippen molar-refractivity contribution in [2.24, 2.45) is 10.8 Å². The van der Waals surface area contributed by atoms with Crippen LogP contribution in [0.5, 0.6) is 0 Å². The molecule has 0 bridgehead atoms. The normalized spacial score (nSPS) is 10.5. The zero-order valence-electron chi connectivity index (χ0n) is 23.8. The molecule has 0 heterocycles. The Kier molecular flexibility index (Phi) is 21.9. The van der Waals surface area contributed by atoms with Gasteiger partial charge >= 0.3 is 21.7 Å². The van der Waals surface area contributed by atoms with Gasteiger partial charge in [0.05, 0.1) is 0 Å². The van der Waals surface area contributed by atoms with Gasteiger partial charge in [0.2, 0.25) is 0 Å². The van der Waals surface area contributed by atoms with Gasteiger partial charge in [0.25, 0.3) is 0 Å². The number of rotatable bonds is 10. The summed E-state index contributed by atoms with van der Waals surface area (Å²) in [4.78, 5) is 0. The van der Waals surface area contributed by atoms with Crippen LogP contribution in [0.2, 0.25) is 0 Å². The molecule has 232 valence electrons. The van der Waals surface area contributed by atoms with Crippen LogP contribution in [0.3, 0.4) is 0 Å². The summed E-state index contributed by atoms with van der Waals surface area (Å²) < 4.78 is 51.6. The third-order valence-electron chi connectivity index (χ3n) is 5.54. The maximum absolute atomic E-state index is 13.2. The molecule has 4 aromatic carbocycles. The van der Waals surface area contributed by atoms with Crippen LogP contribution < -0.4 is 10.6 Å². The minimum absolute atomic E-state index is 0. The van der Waals surface area contributed by atoms with Crippen molar-refractivity contribution in [3.8, 4) is 0 Å². The van der Waals surface area contributed by atoms with Crippen LogP contribution in [0.15, 0.2) is 84.9 Å². The Morgan fingerprint density at radius 1 is 0.605 bits per heavy atom. The summed E-state index contributed by atoms with van der Waals surface area (Å²) in [5.41, 5.74) is -0.265. The Hall–Kier alpha value is -1.67. The maximum Gasteiger partial charge on any atom is 4.00 e. The summed E-state index contributed by atoms with van der Waals surface area (Å²) in [7, 11) is 0. The first kappa shape index (κ1) is 41.3. The zero-order valence-corrected chi connectivity index (χ0v) is 28.4. The molecule has 4 rings (SSSR count). The number of anilines is 2. The number of nitrogens with one attached hydrogen (secondary N) is 2. The van der Waals surface area contributed by atoms with Crippen molar-refractivity contribution < 1.29 is 39.3 Å². The average molecular weight is 712 g/mol. The average Bonchev–Trinajstić information content (AvgIpc) is 3.76. The van der Waals surface area contributed by atoms with Crippen molar-refractivity contribution in [3.63, 3.8) is 0 Å². The minimum Gasteiger partial charge on any atom is -0.434 e. The second kappa shape index (κ2) is 22.8. The zero-order chi connectivity index (χ0) is 31.4. The molecule has 0 aliphatic heterocycles. The largest absolute Gasteiger partial charge is 4.00 e. The molecule has 0 atom stereocenters. The molecule has 0 fully saturated rings. The van der Waals surface area contributed by atoms with Gasteiger partial charge in [0.15, 0.2) is 0 Å². The van der Waals surface area contributed by atoms with Crippen LogP contribution in [0.25, 0.3) is 0 Å². The first-order chi connectivity index (χ1) is 20.0. The third kappa shape index (κ3) is 17.4. The molecule has 0 aliphatic rings. The van der Waals surface area contributed by atoms with E-state index in [2.05, 4.69) is 10.6 Å².